The first-order valence-electron chi connectivity index (χ1n) is 11.0. The highest BCUT2D eigenvalue weighted by Gasteiger charge is 2.13. The quantitative estimate of drug-likeness (QED) is 0.197. The third-order valence-electron chi connectivity index (χ3n) is 5.36. The Morgan fingerprint density at radius 3 is 1.92 bits per heavy atom. The van der Waals surface area contributed by atoms with Gasteiger partial charge in [0.15, 0.2) is 40.3 Å². The van der Waals surface area contributed by atoms with Crippen LogP contribution in [0.5, 0.6) is 34.5 Å². The smallest absolute Gasteiger partial charge is 0.203 e. The molecule has 0 aliphatic rings. The average molecular weight is 510 g/mol. The van der Waals surface area contributed by atoms with E-state index < -0.39 is 11.6 Å². The Kier molecular flexibility index (Phi) is 8.99. The molecule has 0 fully saturated rings. The van der Waals surface area contributed by atoms with Crippen molar-refractivity contribution in [3.8, 4) is 34.5 Å². The van der Waals surface area contributed by atoms with E-state index in [0.29, 0.717) is 28.5 Å². The lowest BCUT2D eigenvalue weighted by molar-refractivity contribution is 0.104. The minimum absolute atomic E-state index is 0.0512. The SMILES string of the molecule is COc1ccc(C(=O)/C=C\Nc2cc(/C=C\c3cc(OC)c(OC)c(OC)c3)cc(O)c2OC)cc1F. The van der Waals surface area contributed by atoms with Gasteiger partial charge in [0, 0.05) is 17.8 Å². The molecular formula is C28H28FNO7. The molecule has 0 spiro atoms. The topological polar surface area (TPSA) is 95.5 Å². The third kappa shape index (κ3) is 6.32. The molecule has 8 nitrogen and oxygen atoms in total. The van der Waals surface area contributed by atoms with Gasteiger partial charge >= 0.3 is 0 Å². The molecule has 0 aliphatic heterocycles. The molecule has 0 unspecified atom stereocenters. The van der Waals surface area contributed by atoms with Crippen LogP contribution in [0.4, 0.5) is 10.1 Å². The third-order valence-corrected chi connectivity index (χ3v) is 5.36. The van der Waals surface area contributed by atoms with Crippen LogP contribution in [-0.4, -0.2) is 46.4 Å². The summed E-state index contributed by atoms with van der Waals surface area (Å²) >= 11 is 0. The fourth-order valence-electron chi connectivity index (χ4n) is 3.57. The molecule has 3 rings (SSSR count). The van der Waals surface area contributed by atoms with E-state index in [9.17, 15) is 14.3 Å². The van der Waals surface area contributed by atoms with Crippen LogP contribution >= 0.6 is 0 Å². The maximum Gasteiger partial charge on any atom is 0.203 e. The fraction of sp³-hybridized carbons (Fsp3) is 0.179. The number of carbonyl (C=O) groups excluding carboxylic acids is 1. The van der Waals surface area contributed by atoms with Crippen molar-refractivity contribution in [1.82, 2.24) is 0 Å². The van der Waals surface area contributed by atoms with E-state index in [2.05, 4.69) is 5.32 Å². The summed E-state index contributed by atoms with van der Waals surface area (Å²) in [6.45, 7) is 0. The molecule has 0 heterocycles. The Balaban J connectivity index is 1.84. The fourth-order valence-corrected chi connectivity index (χ4v) is 3.57. The Labute approximate surface area is 214 Å². The predicted octanol–water partition coefficient (Wildman–Crippen LogP) is 5.55. The number of halogens is 1. The van der Waals surface area contributed by atoms with Crippen LogP contribution < -0.4 is 29.0 Å². The van der Waals surface area contributed by atoms with Gasteiger partial charge in [0.25, 0.3) is 0 Å². The standard InChI is InChI=1S/C28H28FNO7/c1-33-24-9-8-19(16-20(24)29)22(31)10-11-30-21-12-17(13-23(32)27(21)36-4)6-7-18-14-25(34-2)28(37-5)26(15-18)35-3/h6-16,30,32H,1-5H3/b7-6-,11-10-. The zero-order valence-corrected chi connectivity index (χ0v) is 21.1. The maximum absolute atomic E-state index is 13.9. The van der Waals surface area contributed by atoms with Crippen molar-refractivity contribution < 1.29 is 38.0 Å². The first-order chi connectivity index (χ1) is 17.8. The van der Waals surface area contributed by atoms with E-state index in [-0.39, 0.29) is 22.8 Å². The summed E-state index contributed by atoms with van der Waals surface area (Å²) in [5.74, 6) is 0.584. The van der Waals surface area contributed by atoms with Gasteiger partial charge in [-0.2, -0.15) is 0 Å². The summed E-state index contributed by atoms with van der Waals surface area (Å²) in [6, 6.07) is 10.8. The number of nitrogens with one attached hydrogen (secondary N) is 1. The molecule has 37 heavy (non-hydrogen) atoms. The summed E-state index contributed by atoms with van der Waals surface area (Å²) in [4.78, 5) is 12.4. The first kappa shape index (κ1) is 26.9. The molecule has 0 aromatic heterocycles. The Bertz CT molecular complexity index is 1310. The number of ether oxygens (including phenoxy) is 5. The van der Waals surface area contributed by atoms with Crippen LogP contribution in [0.15, 0.2) is 54.7 Å². The highest BCUT2D eigenvalue weighted by Crippen LogP contribution is 2.39. The molecular weight excluding hydrogens is 481 g/mol. The number of carbonyl (C=O) groups is 1. The molecule has 2 N–H and O–H groups in total. The number of ketones is 1. The number of benzene rings is 3. The van der Waals surface area contributed by atoms with Gasteiger partial charge < -0.3 is 34.1 Å². The average Bonchev–Trinajstić information content (AvgIpc) is 2.90. The van der Waals surface area contributed by atoms with E-state index in [4.69, 9.17) is 23.7 Å². The van der Waals surface area contributed by atoms with E-state index in [0.717, 1.165) is 11.6 Å². The number of rotatable bonds is 11. The number of aromatic hydroxyl groups is 1. The van der Waals surface area contributed by atoms with Crippen LogP contribution in [0.25, 0.3) is 12.2 Å². The second-order valence-electron chi connectivity index (χ2n) is 7.60. The van der Waals surface area contributed by atoms with Gasteiger partial charge in [-0.05, 0) is 53.6 Å². The molecule has 3 aromatic rings. The van der Waals surface area contributed by atoms with Gasteiger partial charge in [-0.1, -0.05) is 12.2 Å². The van der Waals surface area contributed by atoms with E-state index in [1.165, 1.54) is 66.0 Å². The van der Waals surface area contributed by atoms with Gasteiger partial charge in [-0.3, -0.25) is 4.79 Å². The van der Waals surface area contributed by atoms with Crippen LogP contribution in [-0.2, 0) is 0 Å². The van der Waals surface area contributed by atoms with Crippen molar-refractivity contribution in [2.45, 2.75) is 0 Å². The molecule has 0 aliphatic carbocycles. The number of allylic oxidation sites excluding steroid dienone is 1. The van der Waals surface area contributed by atoms with Crippen molar-refractivity contribution in [3.63, 3.8) is 0 Å². The van der Waals surface area contributed by atoms with E-state index in [1.807, 2.05) is 6.08 Å². The molecule has 0 bridgehead atoms. The van der Waals surface area contributed by atoms with E-state index in [1.54, 1.807) is 24.3 Å². The molecule has 0 amide bonds. The molecule has 0 radical (unpaired) electrons. The first-order valence-corrected chi connectivity index (χ1v) is 11.0. The molecule has 0 saturated carbocycles. The number of anilines is 1. The predicted molar refractivity (Wildman–Crippen MR) is 140 cm³/mol. The van der Waals surface area contributed by atoms with Crippen LogP contribution in [0.1, 0.15) is 21.5 Å². The van der Waals surface area contributed by atoms with Gasteiger partial charge in [0.1, 0.15) is 0 Å². The lowest BCUT2D eigenvalue weighted by Crippen LogP contribution is -1.99. The lowest BCUT2D eigenvalue weighted by atomic mass is 10.1. The van der Waals surface area contributed by atoms with Crippen molar-refractivity contribution in [2.75, 3.05) is 40.9 Å². The zero-order valence-electron chi connectivity index (χ0n) is 21.1. The highest BCUT2D eigenvalue weighted by molar-refractivity contribution is 6.04. The number of phenolic OH excluding ortho intramolecular Hbond substituents is 1. The second kappa shape index (κ2) is 12.3. The number of methoxy groups -OCH3 is 5. The van der Waals surface area contributed by atoms with Crippen LogP contribution in [0.3, 0.4) is 0 Å². The normalized spacial score (nSPS) is 11.0. The van der Waals surface area contributed by atoms with Crippen molar-refractivity contribution >= 4 is 23.6 Å². The van der Waals surface area contributed by atoms with Crippen LogP contribution in [0, 0.1) is 5.82 Å². The Hall–Kier alpha value is -4.66. The van der Waals surface area contributed by atoms with Gasteiger partial charge in [0.2, 0.25) is 5.75 Å². The van der Waals surface area contributed by atoms with Crippen molar-refractivity contribution in [1.29, 1.82) is 0 Å². The van der Waals surface area contributed by atoms with Crippen molar-refractivity contribution in [2.24, 2.45) is 0 Å². The van der Waals surface area contributed by atoms with Crippen molar-refractivity contribution in [3.05, 3.63) is 77.2 Å². The van der Waals surface area contributed by atoms with Gasteiger partial charge in [-0.25, -0.2) is 4.39 Å². The minimum Gasteiger partial charge on any atom is -0.504 e. The maximum atomic E-state index is 13.9. The Morgan fingerprint density at radius 2 is 1.38 bits per heavy atom. The number of hydrogen-bond acceptors (Lipinski definition) is 8. The minimum atomic E-state index is -0.632. The molecule has 3 aromatic carbocycles. The zero-order chi connectivity index (χ0) is 26.9. The van der Waals surface area contributed by atoms with Gasteiger partial charge in [0.05, 0.1) is 41.2 Å². The molecule has 0 atom stereocenters. The summed E-state index contributed by atoms with van der Waals surface area (Å²) < 4.78 is 40.2. The lowest BCUT2D eigenvalue weighted by Gasteiger charge is -2.13. The van der Waals surface area contributed by atoms with Gasteiger partial charge in [-0.15, -0.1) is 0 Å². The molecule has 194 valence electrons. The summed E-state index contributed by atoms with van der Waals surface area (Å²) in [5, 5.41) is 13.4. The number of hydrogen-bond donors (Lipinski definition) is 2. The molecule has 9 heteroatoms. The molecule has 0 saturated heterocycles. The summed E-state index contributed by atoms with van der Waals surface area (Å²) in [7, 11) is 7.37. The Morgan fingerprint density at radius 1 is 0.784 bits per heavy atom. The summed E-state index contributed by atoms with van der Waals surface area (Å²) in [6.07, 6.45) is 6.22. The number of phenols is 1. The highest BCUT2D eigenvalue weighted by atomic mass is 19.1. The second-order valence-corrected chi connectivity index (χ2v) is 7.60. The summed E-state index contributed by atoms with van der Waals surface area (Å²) in [5.41, 5.74) is 1.99. The largest absolute Gasteiger partial charge is 0.504 e. The van der Waals surface area contributed by atoms with E-state index >= 15 is 0 Å². The monoisotopic (exact) mass is 509 g/mol. The van der Waals surface area contributed by atoms with Crippen LogP contribution in [0.2, 0.25) is 0 Å².